The van der Waals surface area contributed by atoms with Crippen LogP contribution in [0.3, 0.4) is 0 Å². The van der Waals surface area contributed by atoms with Crippen LogP contribution in [0.15, 0.2) is 35.8 Å². The van der Waals surface area contributed by atoms with E-state index in [0.717, 1.165) is 17.0 Å². The van der Waals surface area contributed by atoms with Gasteiger partial charge < -0.3 is 0 Å². The molecule has 0 saturated carbocycles. The number of aryl methyl sites for hydroxylation is 1. The number of Topliss-reactive ketones (excluding diaryl/α,β-unsaturated/α-hetero) is 1. The summed E-state index contributed by atoms with van der Waals surface area (Å²) in [5.74, 6) is 0.102. The molecule has 16 heavy (non-hydrogen) atoms. The quantitative estimate of drug-likeness (QED) is 0.777. The first-order valence-electron chi connectivity index (χ1n) is 4.93. The Hall–Kier alpha value is -1.19. The van der Waals surface area contributed by atoms with Crippen LogP contribution in [-0.4, -0.2) is 10.8 Å². The molecule has 82 valence electrons. The third-order valence-electron chi connectivity index (χ3n) is 2.22. The number of hydrogen-bond donors (Lipinski definition) is 0. The number of rotatable bonds is 4. The Kier molecular flexibility index (Phi) is 3.70. The van der Waals surface area contributed by atoms with Crippen molar-refractivity contribution in [3.05, 3.63) is 51.4 Å². The number of aromatic nitrogens is 1. The second-order valence-corrected chi connectivity index (χ2v) is 4.72. The van der Waals surface area contributed by atoms with Gasteiger partial charge in [0.1, 0.15) is 0 Å². The molecule has 0 aliphatic heterocycles. The van der Waals surface area contributed by atoms with Gasteiger partial charge in [0, 0.05) is 23.0 Å². The highest BCUT2D eigenvalue weighted by atomic mass is 35.5. The molecule has 1 aromatic carbocycles. The van der Waals surface area contributed by atoms with Gasteiger partial charge in [-0.25, -0.2) is 4.98 Å². The third kappa shape index (κ3) is 2.90. The minimum Gasteiger partial charge on any atom is -0.292 e. The topological polar surface area (TPSA) is 30.0 Å². The molecule has 0 fully saturated rings. The van der Waals surface area contributed by atoms with Gasteiger partial charge in [-0.2, -0.15) is 0 Å². The molecule has 2 nitrogen and oxygen atoms in total. The molecule has 2 aromatic rings. The summed E-state index contributed by atoms with van der Waals surface area (Å²) in [5.41, 5.74) is 1.12. The minimum atomic E-state index is 0.102. The molecule has 0 N–H and O–H groups in total. The molecule has 0 saturated heterocycles. The fraction of sp³-hybridized carbons (Fsp3) is 0.167. The fourth-order valence-corrected chi connectivity index (χ4v) is 2.11. The molecule has 0 bridgehead atoms. The van der Waals surface area contributed by atoms with Crippen molar-refractivity contribution in [2.24, 2.45) is 0 Å². The molecule has 0 unspecified atom stereocenters. The molecule has 0 spiro atoms. The number of thiazole rings is 1. The summed E-state index contributed by atoms with van der Waals surface area (Å²) >= 11 is 7.17. The largest absolute Gasteiger partial charge is 0.292 e. The summed E-state index contributed by atoms with van der Waals surface area (Å²) in [6.07, 6.45) is 2.88. The number of carbonyl (C=O) groups excluding carboxylic acids is 1. The van der Waals surface area contributed by atoms with E-state index in [1.165, 1.54) is 11.3 Å². The van der Waals surface area contributed by atoms with Crippen LogP contribution in [-0.2, 0) is 6.42 Å². The first-order chi connectivity index (χ1) is 7.75. The maximum absolute atomic E-state index is 11.7. The van der Waals surface area contributed by atoms with Gasteiger partial charge >= 0.3 is 0 Å². The summed E-state index contributed by atoms with van der Waals surface area (Å²) in [7, 11) is 0. The minimum absolute atomic E-state index is 0.102. The summed E-state index contributed by atoms with van der Waals surface area (Å²) in [6, 6.07) is 7.56. The van der Waals surface area contributed by atoms with E-state index in [1.807, 2.05) is 29.6 Å². The second-order valence-electron chi connectivity index (χ2n) is 3.39. The molecule has 2 rings (SSSR count). The second kappa shape index (κ2) is 5.23. The number of benzene rings is 1. The van der Waals surface area contributed by atoms with E-state index in [1.54, 1.807) is 6.20 Å². The lowest BCUT2D eigenvalue weighted by Gasteiger charge is -1.99. The molecule has 0 aliphatic rings. The lowest BCUT2D eigenvalue weighted by molar-refractivity contribution is 0.0982. The average Bonchev–Trinajstić information content (AvgIpc) is 2.81. The molecule has 0 radical (unpaired) electrons. The van der Waals surface area contributed by atoms with Crippen molar-refractivity contribution in [1.82, 2.24) is 4.98 Å². The van der Waals surface area contributed by atoms with Crippen LogP contribution in [0.2, 0.25) is 5.02 Å². The normalized spacial score (nSPS) is 10.3. The Bertz CT molecular complexity index is 464. The van der Waals surface area contributed by atoms with Crippen LogP contribution < -0.4 is 0 Å². The SMILES string of the molecule is O=C(CCc1ccc(Cl)cc1)c1nccs1. The van der Waals surface area contributed by atoms with E-state index in [2.05, 4.69) is 4.98 Å². The number of nitrogens with zero attached hydrogens (tertiary/aromatic N) is 1. The van der Waals surface area contributed by atoms with Crippen molar-refractivity contribution >= 4 is 28.7 Å². The Morgan fingerprint density at radius 1 is 1.31 bits per heavy atom. The molecule has 4 heteroatoms. The zero-order chi connectivity index (χ0) is 11.4. The standard InChI is InChI=1S/C12H10ClNOS/c13-10-4-1-9(2-5-10)3-6-11(15)12-14-7-8-16-12/h1-2,4-5,7-8H,3,6H2. The highest BCUT2D eigenvalue weighted by molar-refractivity contribution is 7.11. The number of carbonyl (C=O) groups is 1. The lowest BCUT2D eigenvalue weighted by atomic mass is 10.1. The molecule has 1 aromatic heterocycles. The molecular formula is C12H10ClNOS. The molecule has 0 aliphatic carbocycles. The highest BCUT2D eigenvalue weighted by Gasteiger charge is 2.08. The predicted octanol–water partition coefficient (Wildman–Crippen LogP) is 3.61. The van der Waals surface area contributed by atoms with E-state index < -0.39 is 0 Å². The van der Waals surface area contributed by atoms with E-state index in [0.29, 0.717) is 11.4 Å². The van der Waals surface area contributed by atoms with Crippen LogP contribution in [0, 0.1) is 0 Å². The van der Waals surface area contributed by atoms with Crippen LogP contribution in [0.25, 0.3) is 0 Å². The molecule has 0 amide bonds. The van der Waals surface area contributed by atoms with Crippen LogP contribution in [0.1, 0.15) is 21.8 Å². The average molecular weight is 252 g/mol. The number of ketones is 1. The van der Waals surface area contributed by atoms with Crippen molar-refractivity contribution in [3.8, 4) is 0 Å². The molecule has 0 atom stereocenters. The summed E-state index contributed by atoms with van der Waals surface area (Å²) < 4.78 is 0. The van der Waals surface area contributed by atoms with Crippen LogP contribution in [0.4, 0.5) is 0 Å². The Morgan fingerprint density at radius 2 is 2.06 bits per heavy atom. The Balaban J connectivity index is 1.93. The van der Waals surface area contributed by atoms with Gasteiger partial charge in [-0.3, -0.25) is 4.79 Å². The first kappa shape index (κ1) is 11.3. The Labute approximate surface area is 103 Å². The van der Waals surface area contributed by atoms with E-state index in [-0.39, 0.29) is 5.78 Å². The zero-order valence-electron chi connectivity index (χ0n) is 8.52. The summed E-state index contributed by atoms with van der Waals surface area (Å²) in [4.78, 5) is 15.7. The summed E-state index contributed by atoms with van der Waals surface area (Å²) in [6.45, 7) is 0. The van der Waals surface area contributed by atoms with Crippen molar-refractivity contribution in [1.29, 1.82) is 0 Å². The van der Waals surface area contributed by atoms with Crippen LogP contribution in [0.5, 0.6) is 0 Å². The van der Waals surface area contributed by atoms with Crippen molar-refractivity contribution in [2.45, 2.75) is 12.8 Å². The Morgan fingerprint density at radius 3 is 2.69 bits per heavy atom. The molecular weight excluding hydrogens is 242 g/mol. The van der Waals surface area contributed by atoms with Gasteiger partial charge in [-0.05, 0) is 24.1 Å². The zero-order valence-corrected chi connectivity index (χ0v) is 10.1. The molecule has 1 heterocycles. The van der Waals surface area contributed by atoms with Gasteiger partial charge in [0.05, 0.1) is 0 Å². The monoisotopic (exact) mass is 251 g/mol. The number of halogens is 1. The fourth-order valence-electron chi connectivity index (χ4n) is 1.38. The van der Waals surface area contributed by atoms with Crippen molar-refractivity contribution in [3.63, 3.8) is 0 Å². The smallest absolute Gasteiger partial charge is 0.191 e. The first-order valence-corrected chi connectivity index (χ1v) is 6.18. The maximum Gasteiger partial charge on any atom is 0.191 e. The van der Waals surface area contributed by atoms with Gasteiger partial charge in [-0.15, -0.1) is 11.3 Å². The van der Waals surface area contributed by atoms with Crippen molar-refractivity contribution in [2.75, 3.05) is 0 Å². The third-order valence-corrected chi connectivity index (χ3v) is 3.29. The number of hydrogen-bond acceptors (Lipinski definition) is 3. The van der Waals surface area contributed by atoms with Gasteiger partial charge in [0.25, 0.3) is 0 Å². The van der Waals surface area contributed by atoms with Gasteiger partial charge in [0.15, 0.2) is 10.8 Å². The lowest BCUT2D eigenvalue weighted by Crippen LogP contribution is -2.00. The summed E-state index contributed by atoms with van der Waals surface area (Å²) in [5, 5.41) is 3.12. The van der Waals surface area contributed by atoms with Crippen LogP contribution >= 0.6 is 22.9 Å². The predicted molar refractivity (Wildman–Crippen MR) is 66.2 cm³/mol. The van der Waals surface area contributed by atoms with Gasteiger partial charge in [0.2, 0.25) is 0 Å². The van der Waals surface area contributed by atoms with E-state index >= 15 is 0 Å². The van der Waals surface area contributed by atoms with E-state index in [9.17, 15) is 4.79 Å². The van der Waals surface area contributed by atoms with Crippen molar-refractivity contribution < 1.29 is 4.79 Å². The van der Waals surface area contributed by atoms with Gasteiger partial charge in [-0.1, -0.05) is 23.7 Å². The maximum atomic E-state index is 11.7. The van der Waals surface area contributed by atoms with E-state index in [4.69, 9.17) is 11.6 Å². The highest BCUT2D eigenvalue weighted by Crippen LogP contribution is 2.13.